The minimum Gasteiger partial charge on any atom is -0.495 e. The molecule has 22 heavy (non-hydrogen) atoms. The minimum absolute atomic E-state index is 0.150. The lowest BCUT2D eigenvalue weighted by molar-refractivity contribution is 0.415. The molecule has 0 saturated heterocycles. The summed E-state index contributed by atoms with van der Waals surface area (Å²) < 4.78 is 5.40. The quantitative estimate of drug-likeness (QED) is 0.827. The Labute approximate surface area is 136 Å². The number of ether oxygens (including phenoxy) is 1. The van der Waals surface area contributed by atoms with E-state index in [-0.39, 0.29) is 6.04 Å². The van der Waals surface area contributed by atoms with E-state index in [0.29, 0.717) is 17.0 Å². The minimum atomic E-state index is 0.150. The lowest BCUT2D eigenvalue weighted by Crippen LogP contribution is -2.35. The summed E-state index contributed by atoms with van der Waals surface area (Å²) in [5.41, 5.74) is 9.33. The zero-order valence-corrected chi connectivity index (χ0v) is 14.0. The summed E-state index contributed by atoms with van der Waals surface area (Å²) in [4.78, 5) is 1.24. The van der Waals surface area contributed by atoms with E-state index in [2.05, 4.69) is 55.6 Å². The Kier molecular flexibility index (Phi) is 4.32. The Balaban J connectivity index is 2.14. The second-order valence-corrected chi connectivity index (χ2v) is 7.17. The van der Waals surface area contributed by atoms with Crippen LogP contribution in [0.2, 0.25) is 0 Å². The fourth-order valence-corrected chi connectivity index (χ4v) is 3.98. The van der Waals surface area contributed by atoms with Crippen molar-refractivity contribution in [2.24, 2.45) is 0 Å². The number of methoxy groups -OCH3 is 1. The predicted octanol–water partition coefficient (Wildman–Crippen LogP) is 3.84. The van der Waals surface area contributed by atoms with Crippen LogP contribution in [0.4, 0.5) is 5.69 Å². The summed E-state index contributed by atoms with van der Waals surface area (Å²) >= 11 is 1.88. The highest BCUT2D eigenvalue weighted by atomic mass is 32.2. The van der Waals surface area contributed by atoms with Gasteiger partial charge in [0.05, 0.1) is 18.8 Å². The van der Waals surface area contributed by atoms with Crippen molar-refractivity contribution in [2.75, 3.05) is 12.8 Å². The van der Waals surface area contributed by atoms with Gasteiger partial charge in [0.25, 0.3) is 0 Å². The number of rotatable bonds is 2. The van der Waals surface area contributed by atoms with Crippen LogP contribution in [0, 0.1) is 0 Å². The first-order valence-corrected chi connectivity index (χ1v) is 8.43. The molecule has 3 nitrogen and oxygen atoms in total. The molecule has 1 aliphatic rings. The van der Waals surface area contributed by atoms with Gasteiger partial charge in [0.15, 0.2) is 0 Å². The molecule has 1 aliphatic heterocycles. The number of nitrogen functional groups attached to an aromatic ring is 1. The molecule has 0 aromatic heterocycles. The molecule has 3 rings (SSSR count). The number of fused-ring (bicyclic) bond motifs is 1. The number of benzene rings is 2. The van der Waals surface area contributed by atoms with Crippen LogP contribution in [-0.2, 0) is 0 Å². The van der Waals surface area contributed by atoms with E-state index in [1.807, 2.05) is 17.8 Å². The van der Waals surface area contributed by atoms with Crippen molar-refractivity contribution in [2.45, 2.75) is 36.1 Å². The van der Waals surface area contributed by atoms with Crippen molar-refractivity contribution in [1.29, 1.82) is 0 Å². The number of anilines is 1. The van der Waals surface area contributed by atoms with Gasteiger partial charge >= 0.3 is 0 Å². The van der Waals surface area contributed by atoms with Crippen molar-refractivity contribution >= 4 is 17.4 Å². The van der Waals surface area contributed by atoms with Gasteiger partial charge in [-0.1, -0.05) is 37.3 Å². The molecular formula is C18H22N2OS. The molecule has 0 bridgehead atoms. The number of thioether (sulfide) groups is 1. The van der Waals surface area contributed by atoms with Crippen LogP contribution in [0.1, 0.15) is 31.0 Å². The van der Waals surface area contributed by atoms with Crippen molar-refractivity contribution < 1.29 is 4.74 Å². The van der Waals surface area contributed by atoms with E-state index in [0.717, 1.165) is 5.75 Å². The smallest absolute Gasteiger partial charge is 0.142 e. The maximum Gasteiger partial charge on any atom is 0.142 e. The van der Waals surface area contributed by atoms with E-state index in [1.54, 1.807) is 7.11 Å². The molecule has 0 saturated carbocycles. The summed E-state index contributed by atoms with van der Waals surface area (Å²) in [7, 11) is 1.67. The van der Waals surface area contributed by atoms with Crippen LogP contribution >= 0.6 is 11.8 Å². The van der Waals surface area contributed by atoms with Gasteiger partial charge in [-0.25, -0.2) is 0 Å². The first-order chi connectivity index (χ1) is 10.6. The topological polar surface area (TPSA) is 47.3 Å². The third-order valence-corrected chi connectivity index (χ3v) is 5.64. The second-order valence-electron chi connectivity index (χ2n) is 5.75. The molecule has 0 aliphatic carbocycles. The van der Waals surface area contributed by atoms with Crippen molar-refractivity contribution in [1.82, 2.24) is 5.32 Å². The first-order valence-electron chi connectivity index (χ1n) is 7.55. The highest BCUT2D eigenvalue weighted by molar-refractivity contribution is 8.00. The van der Waals surface area contributed by atoms with E-state index in [1.165, 1.54) is 16.0 Å². The van der Waals surface area contributed by atoms with Crippen molar-refractivity contribution in [3.63, 3.8) is 0 Å². The van der Waals surface area contributed by atoms with Crippen LogP contribution in [0.5, 0.6) is 5.75 Å². The van der Waals surface area contributed by atoms with Crippen LogP contribution < -0.4 is 15.8 Å². The molecule has 0 radical (unpaired) electrons. The van der Waals surface area contributed by atoms with E-state index < -0.39 is 0 Å². The predicted molar refractivity (Wildman–Crippen MR) is 93.6 cm³/mol. The van der Waals surface area contributed by atoms with Crippen molar-refractivity contribution in [3.05, 3.63) is 53.6 Å². The van der Waals surface area contributed by atoms with Gasteiger partial charge in [0.1, 0.15) is 5.75 Å². The Morgan fingerprint density at radius 2 is 1.86 bits per heavy atom. The van der Waals surface area contributed by atoms with Crippen molar-refractivity contribution in [3.8, 4) is 5.75 Å². The van der Waals surface area contributed by atoms with Gasteiger partial charge in [-0.2, -0.15) is 0 Å². The zero-order valence-electron chi connectivity index (χ0n) is 13.2. The standard InChI is InChI=1S/C18H22N2OS/c1-11-12(2)22-17-10-16(21-3)15(19)9-14(17)18(20-11)13-7-5-4-6-8-13/h4-12,18,20H,19H2,1-3H3. The second kappa shape index (κ2) is 6.23. The maximum absolute atomic E-state index is 6.15. The molecule has 0 fully saturated rings. The average molecular weight is 314 g/mol. The number of nitrogens with two attached hydrogens (primary N) is 1. The monoisotopic (exact) mass is 314 g/mol. The number of hydrogen-bond acceptors (Lipinski definition) is 4. The van der Waals surface area contributed by atoms with E-state index >= 15 is 0 Å². The van der Waals surface area contributed by atoms with Crippen LogP contribution in [0.25, 0.3) is 0 Å². The summed E-state index contributed by atoms with van der Waals surface area (Å²) in [5, 5.41) is 4.22. The van der Waals surface area contributed by atoms with Gasteiger partial charge in [-0.3, -0.25) is 0 Å². The van der Waals surface area contributed by atoms with Crippen LogP contribution in [-0.4, -0.2) is 18.4 Å². The highest BCUT2D eigenvalue weighted by Crippen LogP contribution is 2.42. The van der Waals surface area contributed by atoms with Gasteiger partial charge in [0.2, 0.25) is 0 Å². The Bertz CT molecular complexity index is 660. The lowest BCUT2D eigenvalue weighted by Gasteiger charge is -2.23. The molecule has 2 aromatic carbocycles. The molecule has 3 unspecified atom stereocenters. The molecule has 3 N–H and O–H groups in total. The molecular weight excluding hydrogens is 292 g/mol. The first kappa shape index (κ1) is 15.3. The zero-order chi connectivity index (χ0) is 15.7. The van der Waals surface area contributed by atoms with Crippen LogP contribution in [0.3, 0.4) is 0 Å². The largest absolute Gasteiger partial charge is 0.495 e. The van der Waals surface area contributed by atoms with Gasteiger partial charge in [-0.15, -0.1) is 11.8 Å². The molecule has 0 amide bonds. The Morgan fingerprint density at radius 3 is 2.55 bits per heavy atom. The lowest BCUT2D eigenvalue weighted by atomic mass is 9.97. The third kappa shape index (κ3) is 2.81. The third-order valence-electron chi connectivity index (χ3n) is 4.25. The molecule has 2 aromatic rings. The Morgan fingerprint density at radius 1 is 1.14 bits per heavy atom. The fraction of sp³-hybridized carbons (Fsp3) is 0.333. The average Bonchev–Trinajstić information content (AvgIpc) is 2.65. The normalized spacial score (nSPS) is 24.4. The summed E-state index contributed by atoms with van der Waals surface area (Å²) in [5.74, 6) is 0.750. The van der Waals surface area contributed by atoms with Gasteiger partial charge in [-0.05, 0) is 30.2 Å². The molecule has 3 atom stereocenters. The van der Waals surface area contributed by atoms with E-state index in [9.17, 15) is 0 Å². The van der Waals surface area contributed by atoms with Gasteiger partial charge < -0.3 is 15.8 Å². The molecule has 4 heteroatoms. The SMILES string of the molecule is COc1cc2c(cc1N)C(c1ccccc1)NC(C)C(C)S2. The number of nitrogens with one attached hydrogen (secondary N) is 1. The molecule has 1 heterocycles. The van der Waals surface area contributed by atoms with Crippen LogP contribution in [0.15, 0.2) is 47.4 Å². The fourth-order valence-electron chi connectivity index (χ4n) is 2.81. The summed E-state index contributed by atoms with van der Waals surface area (Å²) in [6.07, 6.45) is 0. The summed E-state index contributed by atoms with van der Waals surface area (Å²) in [6, 6.07) is 15.2. The summed E-state index contributed by atoms with van der Waals surface area (Å²) in [6.45, 7) is 4.49. The van der Waals surface area contributed by atoms with Gasteiger partial charge in [0, 0.05) is 16.2 Å². The Hall–Kier alpha value is -1.65. The maximum atomic E-state index is 6.15. The highest BCUT2D eigenvalue weighted by Gasteiger charge is 2.28. The molecule has 0 spiro atoms. The van der Waals surface area contributed by atoms with E-state index in [4.69, 9.17) is 10.5 Å². The molecule has 116 valence electrons. The number of hydrogen-bond donors (Lipinski definition) is 2.